The monoisotopic (exact) mass is 279 g/mol. The van der Waals surface area contributed by atoms with E-state index < -0.39 is 0 Å². The number of aliphatic hydroxyl groups excluding tert-OH is 1. The van der Waals surface area contributed by atoms with E-state index >= 15 is 0 Å². The lowest BCUT2D eigenvalue weighted by atomic mass is 10.1. The van der Waals surface area contributed by atoms with Crippen molar-refractivity contribution in [3.63, 3.8) is 0 Å². The average molecular weight is 279 g/mol. The summed E-state index contributed by atoms with van der Waals surface area (Å²) < 4.78 is 11.3. The predicted molar refractivity (Wildman–Crippen MR) is 74.4 cm³/mol. The Labute approximate surface area is 118 Å². The van der Waals surface area contributed by atoms with Crippen molar-refractivity contribution in [3.8, 4) is 5.75 Å². The molecule has 2 atom stereocenters. The van der Waals surface area contributed by atoms with Crippen molar-refractivity contribution in [2.75, 3.05) is 13.2 Å². The lowest BCUT2D eigenvalue weighted by molar-refractivity contribution is -0.123. The zero-order chi connectivity index (χ0) is 14.4. The van der Waals surface area contributed by atoms with E-state index in [1.165, 1.54) is 0 Å². The van der Waals surface area contributed by atoms with Gasteiger partial charge in [0, 0.05) is 13.0 Å². The molecule has 5 nitrogen and oxygen atoms in total. The van der Waals surface area contributed by atoms with Crippen LogP contribution in [0.3, 0.4) is 0 Å². The average Bonchev–Trinajstić information content (AvgIpc) is 2.50. The second-order valence-electron chi connectivity index (χ2n) is 4.85. The van der Waals surface area contributed by atoms with E-state index in [4.69, 9.17) is 14.6 Å². The number of ether oxygens (including phenoxy) is 2. The van der Waals surface area contributed by atoms with Crippen molar-refractivity contribution < 1.29 is 19.4 Å². The maximum atomic E-state index is 11.5. The van der Waals surface area contributed by atoms with E-state index in [1.807, 2.05) is 31.2 Å². The number of carbonyl (C=O) groups is 1. The lowest BCUT2D eigenvalue weighted by Gasteiger charge is -2.32. The smallest absolute Gasteiger partial charge is 0.220 e. The van der Waals surface area contributed by atoms with Gasteiger partial charge in [0.1, 0.15) is 11.9 Å². The summed E-state index contributed by atoms with van der Waals surface area (Å²) in [4.78, 5) is 11.5. The topological polar surface area (TPSA) is 67.8 Å². The van der Waals surface area contributed by atoms with Crippen molar-refractivity contribution in [3.05, 3.63) is 29.8 Å². The van der Waals surface area contributed by atoms with Crippen molar-refractivity contribution in [1.29, 1.82) is 0 Å². The van der Waals surface area contributed by atoms with E-state index in [0.717, 1.165) is 12.0 Å². The van der Waals surface area contributed by atoms with Gasteiger partial charge in [-0.05, 0) is 24.1 Å². The van der Waals surface area contributed by atoms with E-state index in [1.54, 1.807) is 0 Å². The van der Waals surface area contributed by atoms with E-state index in [2.05, 4.69) is 5.32 Å². The molecular formula is C15H21NO4. The van der Waals surface area contributed by atoms with Crippen LogP contribution >= 0.6 is 0 Å². The Morgan fingerprint density at radius 1 is 1.45 bits per heavy atom. The summed E-state index contributed by atoms with van der Waals surface area (Å²) >= 11 is 0. The first-order valence-corrected chi connectivity index (χ1v) is 6.96. The maximum Gasteiger partial charge on any atom is 0.220 e. The number of hydrogen-bond donors (Lipinski definition) is 2. The zero-order valence-corrected chi connectivity index (χ0v) is 11.7. The number of carbonyl (C=O) groups excluding carboxylic acids is 1. The highest BCUT2D eigenvalue weighted by Gasteiger charge is 2.28. The normalized spacial score (nSPS) is 22.3. The highest BCUT2D eigenvalue weighted by molar-refractivity contribution is 5.75. The largest absolute Gasteiger partial charge is 0.486 e. The summed E-state index contributed by atoms with van der Waals surface area (Å²) in [6.45, 7) is 2.95. The molecule has 0 aliphatic carbocycles. The molecule has 0 radical (unpaired) electrons. The lowest BCUT2D eigenvalue weighted by Crippen LogP contribution is -2.51. The van der Waals surface area contributed by atoms with Crippen molar-refractivity contribution in [2.24, 2.45) is 0 Å². The minimum atomic E-state index is -0.181. The molecule has 1 aromatic carbocycles. The van der Waals surface area contributed by atoms with Gasteiger partial charge in [-0.2, -0.15) is 0 Å². The third kappa shape index (κ3) is 3.95. The first-order chi connectivity index (χ1) is 9.72. The Kier molecular flexibility index (Phi) is 5.38. The van der Waals surface area contributed by atoms with E-state index in [9.17, 15) is 4.79 Å². The summed E-state index contributed by atoms with van der Waals surface area (Å²) in [5, 5.41) is 12.0. The standard InChI is InChI=1S/C15H21NO4/c1-2-15(18)16-13-7-8-19-10-14(13)20-12-5-3-11(9-17)4-6-12/h3-6,13-14,17H,2,7-10H2,1H3,(H,16,18)/t13-,14-/m1/s1. The van der Waals surface area contributed by atoms with Gasteiger partial charge < -0.3 is 19.9 Å². The van der Waals surface area contributed by atoms with Gasteiger partial charge in [0.15, 0.2) is 0 Å². The number of rotatable bonds is 5. The third-order valence-corrected chi connectivity index (χ3v) is 3.36. The van der Waals surface area contributed by atoms with Gasteiger partial charge in [-0.3, -0.25) is 4.79 Å². The Morgan fingerprint density at radius 2 is 2.20 bits per heavy atom. The van der Waals surface area contributed by atoms with Crippen LogP contribution in [0.1, 0.15) is 25.3 Å². The molecule has 1 fully saturated rings. The SMILES string of the molecule is CCC(=O)N[C@@H]1CCOC[C@H]1Oc1ccc(CO)cc1. The van der Waals surface area contributed by atoms with Gasteiger partial charge in [-0.1, -0.05) is 19.1 Å². The number of aliphatic hydroxyl groups is 1. The van der Waals surface area contributed by atoms with E-state index in [0.29, 0.717) is 25.4 Å². The number of benzene rings is 1. The Hall–Kier alpha value is -1.59. The van der Waals surface area contributed by atoms with Gasteiger partial charge in [0.2, 0.25) is 5.91 Å². The molecule has 0 bridgehead atoms. The predicted octanol–water partition coefficient (Wildman–Crippen LogP) is 1.24. The maximum absolute atomic E-state index is 11.5. The van der Waals surface area contributed by atoms with Crippen LogP contribution in [0.25, 0.3) is 0 Å². The third-order valence-electron chi connectivity index (χ3n) is 3.36. The number of hydrogen-bond acceptors (Lipinski definition) is 4. The van der Waals surface area contributed by atoms with Crippen molar-refractivity contribution >= 4 is 5.91 Å². The molecular weight excluding hydrogens is 258 g/mol. The molecule has 0 spiro atoms. The van der Waals surface area contributed by atoms with Crippen LogP contribution in [0, 0.1) is 0 Å². The molecule has 110 valence electrons. The van der Waals surface area contributed by atoms with Gasteiger partial charge >= 0.3 is 0 Å². The highest BCUT2D eigenvalue weighted by atomic mass is 16.5. The first-order valence-electron chi connectivity index (χ1n) is 6.96. The molecule has 5 heteroatoms. The molecule has 0 saturated carbocycles. The number of amides is 1. The summed E-state index contributed by atoms with van der Waals surface area (Å²) in [6.07, 6.45) is 1.04. The Morgan fingerprint density at radius 3 is 2.85 bits per heavy atom. The van der Waals surface area contributed by atoms with Crippen LogP contribution in [-0.4, -0.2) is 36.4 Å². The highest BCUT2D eigenvalue weighted by Crippen LogP contribution is 2.18. The van der Waals surface area contributed by atoms with Crippen molar-refractivity contribution in [1.82, 2.24) is 5.32 Å². The van der Waals surface area contributed by atoms with Crippen LogP contribution in [0.2, 0.25) is 0 Å². The fraction of sp³-hybridized carbons (Fsp3) is 0.533. The van der Waals surface area contributed by atoms with Gasteiger partial charge in [-0.25, -0.2) is 0 Å². The Balaban J connectivity index is 1.98. The molecule has 1 aliphatic heterocycles. The molecule has 1 amide bonds. The fourth-order valence-electron chi connectivity index (χ4n) is 2.15. The number of nitrogens with one attached hydrogen (secondary N) is 1. The minimum absolute atomic E-state index is 0.0159. The Bertz CT molecular complexity index is 432. The second-order valence-corrected chi connectivity index (χ2v) is 4.85. The summed E-state index contributed by atoms with van der Waals surface area (Å²) in [5.41, 5.74) is 0.841. The van der Waals surface area contributed by atoms with Crippen LogP contribution in [0.5, 0.6) is 5.75 Å². The first kappa shape index (κ1) is 14.8. The van der Waals surface area contributed by atoms with Crippen LogP contribution < -0.4 is 10.1 Å². The molecule has 20 heavy (non-hydrogen) atoms. The molecule has 2 rings (SSSR count). The summed E-state index contributed by atoms with van der Waals surface area (Å²) in [7, 11) is 0. The molecule has 1 aromatic rings. The molecule has 0 aromatic heterocycles. The van der Waals surface area contributed by atoms with Crippen LogP contribution in [-0.2, 0) is 16.1 Å². The van der Waals surface area contributed by atoms with Crippen LogP contribution in [0.15, 0.2) is 24.3 Å². The van der Waals surface area contributed by atoms with Gasteiger partial charge in [-0.15, -0.1) is 0 Å². The molecule has 1 heterocycles. The fourth-order valence-corrected chi connectivity index (χ4v) is 2.15. The zero-order valence-electron chi connectivity index (χ0n) is 11.7. The van der Waals surface area contributed by atoms with E-state index in [-0.39, 0.29) is 24.7 Å². The van der Waals surface area contributed by atoms with Gasteiger partial charge in [0.25, 0.3) is 0 Å². The van der Waals surface area contributed by atoms with Gasteiger partial charge in [0.05, 0.1) is 19.3 Å². The quantitative estimate of drug-likeness (QED) is 0.851. The molecule has 2 N–H and O–H groups in total. The van der Waals surface area contributed by atoms with Crippen molar-refractivity contribution in [2.45, 2.75) is 38.5 Å². The molecule has 1 aliphatic rings. The summed E-state index contributed by atoms with van der Waals surface area (Å²) in [6, 6.07) is 7.25. The summed E-state index contributed by atoms with van der Waals surface area (Å²) in [5.74, 6) is 0.745. The molecule has 0 unspecified atom stereocenters. The van der Waals surface area contributed by atoms with Crippen LogP contribution in [0.4, 0.5) is 0 Å². The minimum Gasteiger partial charge on any atom is -0.486 e. The second kappa shape index (κ2) is 7.26. The molecule has 1 saturated heterocycles.